The molecule has 0 spiro atoms. The zero-order valence-corrected chi connectivity index (χ0v) is 12.2. The van der Waals surface area contributed by atoms with Gasteiger partial charge in [-0.2, -0.15) is 0 Å². The molecule has 100 valence electrons. The van der Waals surface area contributed by atoms with Crippen molar-refractivity contribution in [1.29, 1.82) is 0 Å². The van der Waals surface area contributed by atoms with Gasteiger partial charge in [0.25, 0.3) is 0 Å². The Morgan fingerprint density at radius 1 is 1.21 bits per heavy atom. The molecule has 4 heterocycles. The van der Waals surface area contributed by atoms with Crippen LogP contribution in [0.15, 0.2) is 0 Å². The lowest BCUT2D eigenvalue weighted by molar-refractivity contribution is 0.218. The molecule has 2 aromatic rings. The molecular weight excluding hydrogens is 254 g/mol. The maximum atomic E-state index is 4.99. The van der Waals surface area contributed by atoms with Crippen molar-refractivity contribution in [3.63, 3.8) is 0 Å². The zero-order chi connectivity index (χ0) is 12.6. The number of fused-ring (bicyclic) bond motifs is 8. The number of aromatic nitrogens is 2. The lowest BCUT2D eigenvalue weighted by atomic mass is 10.0. The first-order valence-corrected chi connectivity index (χ1v) is 8.38. The van der Waals surface area contributed by atoms with Crippen LogP contribution < -0.4 is 0 Å². The molecule has 19 heavy (non-hydrogen) atoms. The summed E-state index contributed by atoms with van der Waals surface area (Å²) in [6.45, 7) is 0. The van der Waals surface area contributed by atoms with Gasteiger partial charge < -0.3 is 0 Å². The number of imidazole rings is 1. The highest BCUT2D eigenvalue weighted by atomic mass is 32.1. The third-order valence-corrected chi connectivity index (χ3v) is 6.56. The van der Waals surface area contributed by atoms with E-state index in [1.807, 2.05) is 11.3 Å². The van der Waals surface area contributed by atoms with E-state index in [0.717, 1.165) is 6.04 Å². The SMILES string of the molecule is CN1C2CCC1c1c(nc3sc4c(n13)CCCC4)C2. The number of nitrogens with zero attached hydrogens (tertiary/aromatic N) is 3. The van der Waals surface area contributed by atoms with E-state index in [9.17, 15) is 0 Å². The molecule has 2 bridgehead atoms. The summed E-state index contributed by atoms with van der Waals surface area (Å²) in [5, 5.41) is 0. The van der Waals surface area contributed by atoms with E-state index < -0.39 is 0 Å². The molecule has 0 N–H and O–H groups in total. The molecule has 2 aromatic heterocycles. The van der Waals surface area contributed by atoms with Gasteiger partial charge in [-0.05, 0) is 45.6 Å². The maximum absolute atomic E-state index is 4.99. The number of thiazole rings is 1. The van der Waals surface area contributed by atoms with E-state index >= 15 is 0 Å². The van der Waals surface area contributed by atoms with Gasteiger partial charge in [0.1, 0.15) is 0 Å². The first-order valence-electron chi connectivity index (χ1n) is 7.56. The molecule has 2 unspecified atom stereocenters. The maximum Gasteiger partial charge on any atom is 0.194 e. The van der Waals surface area contributed by atoms with Crippen LogP contribution in [0.5, 0.6) is 0 Å². The predicted octanol–water partition coefficient (Wildman–Crippen LogP) is 2.97. The van der Waals surface area contributed by atoms with Gasteiger partial charge in [-0.25, -0.2) is 4.98 Å². The summed E-state index contributed by atoms with van der Waals surface area (Å²) in [5.74, 6) is 0. The van der Waals surface area contributed by atoms with Crippen molar-refractivity contribution in [1.82, 2.24) is 14.3 Å². The molecule has 0 saturated carbocycles. The summed E-state index contributed by atoms with van der Waals surface area (Å²) in [4.78, 5) is 10.5. The smallest absolute Gasteiger partial charge is 0.194 e. The van der Waals surface area contributed by atoms with E-state index in [4.69, 9.17) is 4.98 Å². The number of hydrogen-bond acceptors (Lipinski definition) is 3. The Morgan fingerprint density at radius 3 is 3.05 bits per heavy atom. The molecule has 5 rings (SSSR count). The molecule has 2 aliphatic heterocycles. The van der Waals surface area contributed by atoms with Crippen molar-refractivity contribution in [2.45, 2.75) is 57.0 Å². The Bertz CT molecular complexity index is 669. The summed E-state index contributed by atoms with van der Waals surface area (Å²) >= 11 is 1.96. The van der Waals surface area contributed by atoms with Crippen molar-refractivity contribution in [2.24, 2.45) is 0 Å². The van der Waals surface area contributed by atoms with E-state index in [-0.39, 0.29) is 0 Å². The summed E-state index contributed by atoms with van der Waals surface area (Å²) in [5.41, 5.74) is 4.55. The fourth-order valence-electron chi connectivity index (χ4n) is 4.40. The van der Waals surface area contributed by atoms with Gasteiger partial charge in [0, 0.05) is 23.0 Å². The minimum atomic E-state index is 0.629. The third-order valence-electron chi connectivity index (χ3n) is 5.42. The summed E-state index contributed by atoms with van der Waals surface area (Å²) < 4.78 is 2.55. The van der Waals surface area contributed by atoms with Crippen LogP contribution in [0.3, 0.4) is 0 Å². The van der Waals surface area contributed by atoms with Crippen LogP contribution in [0.2, 0.25) is 0 Å². The molecule has 2 atom stereocenters. The molecule has 1 saturated heterocycles. The highest BCUT2D eigenvalue weighted by molar-refractivity contribution is 7.17. The molecule has 0 aromatic carbocycles. The van der Waals surface area contributed by atoms with Crippen LogP contribution in [0.25, 0.3) is 4.96 Å². The van der Waals surface area contributed by atoms with Gasteiger partial charge in [0.15, 0.2) is 4.96 Å². The fourth-order valence-corrected chi connectivity index (χ4v) is 5.64. The highest BCUT2D eigenvalue weighted by Crippen LogP contribution is 2.44. The first-order chi connectivity index (χ1) is 9.33. The summed E-state index contributed by atoms with van der Waals surface area (Å²) in [7, 11) is 2.31. The standard InChI is InChI=1S/C15H19N3S/c1-17-9-6-7-12(17)14-10(8-9)16-15-18(14)11-4-2-3-5-13(11)19-15/h9,12H,2-8H2,1H3. The molecule has 0 radical (unpaired) electrons. The molecule has 1 aliphatic carbocycles. The van der Waals surface area contributed by atoms with Crippen molar-refractivity contribution < 1.29 is 0 Å². The average molecular weight is 273 g/mol. The minimum Gasteiger partial charge on any atom is -0.294 e. The van der Waals surface area contributed by atoms with Crippen LogP contribution >= 0.6 is 11.3 Å². The van der Waals surface area contributed by atoms with Gasteiger partial charge in [-0.3, -0.25) is 9.30 Å². The van der Waals surface area contributed by atoms with Gasteiger partial charge in [-0.1, -0.05) is 0 Å². The second kappa shape index (κ2) is 3.61. The van der Waals surface area contributed by atoms with Crippen LogP contribution in [0.4, 0.5) is 0 Å². The van der Waals surface area contributed by atoms with Gasteiger partial charge in [0.05, 0.1) is 17.4 Å². The lowest BCUT2D eigenvalue weighted by Crippen LogP contribution is -2.34. The van der Waals surface area contributed by atoms with E-state index in [0.29, 0.717) is 6.04 Å². The molecule has 0 amide bonds. The topological polar surface area (TPSA) is 20.5 Å². The van der Waals surface area contributed by atoms with Crippen LogP contribution in [-0.4, -0.2) is 27.4 Å². The van der Waals surface area contributed by atoms with Crippen molar-refractivity contribution >= 4 is 16.3 Å². The Kier molecular flexibility index (Phi) is 2.06. The number of rotatable bonds is 0. The molecule has 3 aliphatic rings. The summed E-state index contributed by atoms with van der Waals surface area (Å²) in [6, 6.07) is 1.38. The Balaban J connectivity index is 1.80. The predicted molar refractivity (Wildman–Crippen MR) is 76.9 cm³/mol. The van der Waals surface area contributed by atoms with Gasteiger partial charge in [-0.15, -0.1) is 11.3 Å². The summed E-state index contributed by atoms with van der Waals surface area (Å²) in [6.07, 6.45) is 9.11. The van der Waals surface area contributed by atoms with E-state index in [2.05, 4.69) is 16.3 Å². The van der Waals surface area contributed by atoms with E-state index in [1.54, 1.807) is 16.3 Å². The first kappa shape index (κ1) is 10.9. The number of aryl methyl sites for hydroxylation is 2. The minimum absolute atomic E-state index is 0.629. The second-order valence-electron chi connectivity index (χ2n) is 6.36. The Morgan fingerprint density at radius 2 is 2.11 bits per heavy atom. The third kappa shape index (κ3) is 1.29. The molecule has 1 fully saturated rings. The lowest BCUT2D eigenvalue weighted by Gasteiger charge is -2.31. The largest absolute Gasteiger partial charge is 0.294 e. The Labute approximate surface area is 117 Å². The van der Waals surface area contributed by atoms with Gasteiger partial charge in [0.2, 0.25) is 0 Å². The molecule has 4 heteroatoms. The van der Waals surface area contributed by atoms with Crippen molar-refractivity contribution in [3.05, 3.63) is 22.0 Å². The monoisotopic (exact) mass is 273 g/mol. The average Bonchev–Trinajstić information content (AvgIpc) is 3.00. The number of hydrogen-bond donors (Lipinski definition) is 0. The quantitative estimate of drug-likeness (QED) is 0.735. The van der Waals surface area contributed by atoms with E-state index in [1.165, 1.54) is 55.6 Å². The van der Waals surface area contributed by atoms with Crippen LogP contribution in [0.1, 0.15) is 53.7 Å². The van der Waals surface area contributed by atoms with Crippen molar-refractivity contribution in [2.75, 3.05) is 7.05 Å². The Hall–Kier alpha value is -0.870. The van der Waals surface area contributed by atoms with Crippen LogP contribution in [-0.2, 0) is 19.3 Å². The highest BCUT2D eigenvalue weighted by Gasteiger charge is 2.41. The molecule has 3 nitrogen and oxygen atoms in total. The fraction of sp³-hybridized carbons (Fsp3) is 0.667. The molecular formula is C15H19N3S. The normalized spacial score (nSPS) is 29.7. The number of likely N-dealkylation sites (N-methyl/N-ethyl adjacent to an activating group) is 1. The van der Waals surface area contributed by atoms with Gasteiger partial charge >= 0.3 is 0 Å². The second-order valence-corrected chi connectivity index (χ2v) is 7.42. The zero-order valence-electron chi connectivity index (χ0n) is 11.4. The van der Waals surface area contributed by atoms with Crippen LogP contribution in [0, 0.1) is 0 Å². The van der Waals surface area contributed by atoms with Crippen molar-refractivity contribution in [3.8, 4) is 0 Å².